The summed E-state index contributed by atoms with van der Waals surface area (Å²) >= 11 is 1.68. The van der Waals surface area contributed by atoms with E-state index in [4.69, 9.17) is 18.9 Å². The maximum absolute atomic E-state index is 6.62. The molecule has 0 unspecified atom stereocenters. The van der Waals surface area contributed by atoms with Gasteiger partial charge in [-0.3, -0.25) is 0 Å². The molecule has 1 aliphatic rings. The number of aryl methyl sites for hydroxylation is 1. The lowest BCUT2D eigenvalue weighted by atomic mass is 10.1. The first kappa shape index (κ1) is 26.7. The van der Waals surface area contributed by atoms with E-state index >= 15 is 0 Å². The molecule has 196 valence electrons. The molecule has 0 bridgehead atoms. The van der Waals surface area contributed by atoms with E-state index in [9.17, 15) is 0 Å². The molecule has 4 aromatic carbocycles. The lowest BCUT2D eigenvalue weighted by Gasteiger charge is -2.25. The Morgan fingerprint density at radius 3 is 1.66 bits per heavy atom. The van der Waals surface area contributed by atoms with Crippen LogP contribution in [-0.2, 0) is 38.8 Å². The van der Waals surface area contributed by atoms with Crippen LogP contribution in [0.2, 0.25) is 0 Å². The summed E-state index contributed by atoms with van der Waals surface area (Å²) in [5.41, 5.74) is 4.38. The van der Waals surface area contributed by atoms with E-state index < -0.39 is 0 Å². The van der Waals surface area contributed by atoms with E-state index in [1.54, 1.807) is 11.8 Å². The van der Waals surface area contributed by atoms with Crippen LogP contribution in [0, 0.1) is 6.92 Å². The van der Waals surface area contributed by atoms with Gasteiger partial charge in [-0.05, 0) is 35.7 Å². The van der Waals surface area contributed by atoms with Crippen LogP contribution in [0.3, 0.4) is 0 Å². The van der Waals surface area contributed by atoms with Crippen LogP contribution in [0.25, 0.3) is 0 Å². The van der Waals surface area contributed by atoms with Crippen LogP contribution < -0.4 is 0 Å². The Bertz CT molecular complexity index is 1220. The first-order chi connectivity index (χ1) is 18.7. The van der Waals surface area contributed by atoms with E-state index in [1.807, 2.05) is 54.6 Å². The van der Waals surface area contributed by atoms with Crippen molar-refractivity contribution in [1.29, 1.82) is 0 Å². The van der Waals surface area contributed by atoms with Gasteiger partial charge in [-0.2, -0.15) is 0 Å². The summed E-state index contributed by atoms with van der Waals surface area (Å²) in [5, 5.41) is 0. The van der Waals surface area contributed by atoms with Crippen molar-refractivity contribution >= 4 is 11.8 Å². The molecular formula is C33H34O4S. The van der Waals surface area contributed by atoms with Crippen molar-refractivity contribution in [3.05, 3.63) is 138 Å². The first-order valence-electron chi connectivity index (χ1n) is 13.1. The van der Waals surface area contributed by atoms with Gasteiger partial charge in [0.25, 0.3) is 0 Å². The molecule has 4 nitrogen and oxygen atoms in total. The monoisotopic (exact) mass is 526 g/mol. The maximum atomic E-state index is 6.62. The molecule has 5 rings (SSSR count). The molecule has 38 heavy (non-hydrogen) atoms. The molecule has 1 heterocycles. The van der Waals surface area contributed by atoms with Gasteiger partial charge in [-0.1, -0.05) is 120 Å². The van der Waals surface area contributed by atoms with Crippen LogP contribution in [-0.4, -0.2) is 30.4 Å². The molecule has 0 saturated carbocycles. The van der Waals surface area contributed by atoms with Gasteiger partial charge >= 0.3 is 0 Å². The Morgan fingerprint density at radius 2 is 1.11 bits per heavy atom. The molecule has 4 aromatic rings. The highest BCUT2D eigenvalue weighted by Gasteiger charge is 2.47. The van der Waals surface area contributed by atoms with Crippen molar-refractivity contribution in [2.24, 2.45) is 0 Å². The van der Waals surface area contributed by atoms with Gasteiger partial charge in [-0.25, -0.2) is 0 Å². The lowest BCUT2D eigenvalue weighted by Crippen LogP contribution is -2.38. The Morgan fingerprint density at radius 1 is 0.605 bits per heavy atom. The maximum Gasteiger partial charge on any atom is 0.137 e. The van der Waals surface area contributed by atoms with Gasteiger partial charge in [0.1, 0.15) is 23.7 Å². The zero-order valence-electron chi connectivity index (χ0n) is 21.6. The summed E-state index contributed by atoms with van der Waals surface area (Å²) in [6, 6.07) is 39.2. The minimum Gasteiger partial charge on any atom is -0.374 e. The fourth-order valence-corrected chi connectivity index (χ4v) is 5.58. The molecule has 1 fully saturated rings. The van der Waals surface area contributed by atoms with Crippen LogP contribution in [0.15, 0.2) is 120 Å². The molecule has 0 spiro atoms. The average Bonchev–Trinajstić information content (AvgIpc) is 3.29. The molecule has 5 heteroatoms. The summed E-state index contributed by atoms with van der Waals surface area (Å²) in [4.78, 5) is 1.14. The van der Waals surface area contributed by atoms with E-state index in [2.05, 4.69) is 67.6 Å². The van der Waals surface area contributed by atoms with Gasteiger partial charge in [0.05, 0.1) is 26.4 Å². The third-order valence-corrected chi connectivity index (χ3v) is 7.66. The molecule has 4 atom stereocenters. The van der Waals surface area contributed by atoms with E-state index in [-0.39, 0.29) is 23.7 Å². The SMILES string of the molecule is Cc1ccc(S[C@@H]2O[C@H](COCc3ccccc3)[C@@H](OCc3ccccc3)[C@H]2OCc2ccccc2)cc1. The summed E-state index contributed by atoms with van der Waals surface area (Å²) in [6.45, 7) is 4.02. The predicted octanol–water partition coefficient (Wildman–Crippen LogP) is 7.20. The third kappa shape index (κ3) is 7.56. The highest BCUT2D eigenvalue weighted by atomic mass is 32.2. The normalized spacial score (nSPS) is 21.0. The summed E-state index contributed by atoms with van der Waals surface area (Å²) in [7, 11) is 0. The van der Waals surface area contributed by atoms with E-state index in [0.29, 0.717) is 26.4 Å². The van der Waals surface area contributed by atoms with Gasteiger partial charge in [-0.15, -0.1) is 0 Å². The fourth-order valence-electron chi connectivity index (χ4n) is 4.45. The number of benzene rings is 4. The van der Waals surface area contributed by atoms with Crippen LogP contribution in [0.5, 0.6) is 0 Å². The second-order valence-corrected chi connectivity index (χ2v) is 10.7. The van der Waals surface area contributed by atoms with Crippen molar-refractivity contribution in [3.8, 4) is 0 Å². The Balaban J connectivity index is 1.34. The van der Waals surface area contributed by atoms with Gasteiger partial charge in [0, 0.05) is 4.90 Å². The summed E-state index contributed by atoms with van der Waals surface area (Å²) < 4.78 is 25.9. The molecular weight excluding hydrogens is 492 g/mol. The minimum atomic E-state index is -0.280. The zero-order valence-corrected chi connectivity index (χ0v) is 22.5. The molecule has 0 radical (unpaired) electrons. The molecule has 1 saturated heterocycles. The van der Waals surface area contributed by atoms with Crippen molar-refractivity contribution in [1.82, 2.24) is 0 Å². The summed E-state index contributed by atoms with van der Waals surface area (Å²) in [5.74, 6) is 0. The Hall–Kier alpha value is -2.93. The number of hydrogen-bond donors (Lipinski definition) is 0. The smallest absolute Gasteiger partial charge is 0.137 e. The van der Waals surface area contributed by atoms with Gasteiger partial charge < -0.3 is 18.9 Å². The zero-order chi connectivity index (χ0) is 26.0. The molecule has 0 aliphatic carbocycles. The first-order valence-corrected chi connectivity index (χ1v) is 13.9. The number of rotatable bonds is 12. The third-order valence-electron chi connectivity index (χ3n) is 6.50. The minimum absolute atomic E-state index is 0.229. The highest BCUT2D eigenvalue weighted by molar-refractivity contribution is 7.99. The number of hydrogen-bond acceptors (Lipinski definition) is 5. The van der Waals surface area contributed by atoms with Crippen molar-refractivity contribution in [2.45, 2.75) is 55.4 Å². The van der Waals surface area contributed by atoms with E-state index in [1.165, 1.54) is 5.56 Å². The lowest BCUT2D eigenvalue weighted by molar-refractivity contribution is -0.0895. The second kappa shape index (κ2) is 13.7. The molecule has 1 aliphatic heterocycles. The molecule has 0 aromatic heterocycles. The topological polar surface area (TPSA) is 36.9 Å². The van der Waals surface area contributed by atoms with Gasteiger partial charge in [0.2, 0.25) is 0 Å². The standard InChI is InChI=1S/C33H34O4S/c1-25-17-19-29(20-18-25)38-33-32(36-23-28-15-9-4-10-16-28)31(35-22-27-13-7-3-8-14-27)30(37-33)24-34-21-26-11-5-2-6-12-26/h2-20,30-33H,21-24H2,1H3/t30-,31-,32-,33+/m1/s1. The quantitative estimate of drug-likeness (QED) is 0.195. The molecule has 0 N–H and O–H groups in total. The molecule has 0 amide bonds. The van der Waals surface area contributed by atoms with E-state index in [0.717, 1.165) is 21.6 Å². The van der Waals surface area contributed by atoms with Crippen LogP contribution in [0.1, 0.15) is 22.3 Å². The Kier molecular flexibility index (Phi) is 9.64. The van der Waals surface area contributed by atoms with Crippen molar-refractivity contribution in [2.75, 3.05) is 6.61 Å². The van der Waals surface area contributed by atoms with Crippen LogP contribution in [0.4, 0.5) is 0 Å². The second-order valence-electron chi connectivity index (χ2n) is 9.50. The summed E-state index contributed by atoms with van der Waals surface area (Å²) in [6.07, 6.45) is -0.806. The largest absolute Gasteiger partial charge is 0.374 e. The number of thioether (sulfide) groups is 1. The predicted molar refractivity (Wildman–Crippen MR) is 152 cm³/mol. The Labute approximate surface area is 229 Å². The fraction of sp³-hybridized carbons (Fsp3) is 0.273. The number of ether oxygens (including phenoxy) is 4. The van der Waals surface area contributed by atoms with Crippen LogP contribution >= 0.6 is 11.8 Å². The average molecular weight is 527 g/mol. The highest BCUT2D eigenvalue weighted by Crippen LogP contribution is 2.38. The van der Waals surface area contributed by atoms with Crippen molar-refractivity contribution in [3.63, 3.8) is 0 Å². The van der Waals surface area contributed by atoms with Gasteiger partial charge in [0.15, 0.2) is 0 Å². The van der Waals surface area contributed by atoms with Crippen molar-refractivity contribution < 1.29 is 18.9 Å².